The summed E-state index contributed by atoms with van der Waals surface area (Å²) < 4.78 is 9.53. The van der Waals surface area contributed by atoms with Crippen molar-refractivity contribution in [2.75, 3.05) is 5.32 Å². The molecule has 26 heavy (non-hydrogen) atoms. The summed E-state index contributed by atoms with van der Waals surface area (Å²) in [6, 6.07) is 17.3. The fourth-order valence-electron chi connectivity index (χ4n) is 2.17. The lowest BCUT2D eigenvalue weighted by molar-refractivity contribution is 0.0981. The summed E-state index contributed by atoms with van der Waals surface area (Å²) in [6.45, 7) is 2.20. The molecule has 1 aromatic heterocycles. The summed E-state index contributed by atoms with van der Waals surface area (Å²) in [7, 11) is 0. The van der Waals surface area contributed by atoms with Crippen LogP contribution in [-0.2, 0) is 6.61 Å². The van der Waals surface area contributed by atoms with Crippen molar-refractivity contribution < 1.29 is 9.53 Å². The highest BCUT2D eigenvalue weighted by atomic mass is 32.1. The normalized spacial score (nSPS) is 10.2. The Labute approximate surface area is 160 Å². The van der Waals surface area contributed by atoms with Gasteiger partial charge in [-0.05, 0) is 48.4 Å². The van der Waals surface area contributed by atoms with E-state index in [1.54, 1.807) is 6.92 Å². The van der Waals surface area contributed by atoms with Crippen LogP contribution in [0.2, 0.25) is 0 Å². The Hall–Kier alpha value is -2.84. The van der Waals surface area contributed by atoms with Crippen molar-refractivity contribution in [3.63, 3.8) is 0 Å². The van der Waals surface area contributed by atoms with Gasteiger partial charge in [0.2, 0.25) is 0 Å². The minimum atomic E-state index is -0.327. The molecular formula is C18H16N4O2S2. The van der Waals surface area contributed by atoms with Gasteiger partial charge in [-0.2, -0.15) is 0 Å². The summed E-state index contributed by atoms with van der Waals surface area (Å²) in [5.74, 6) is 0.377. The topological polar surface area (TPSA) is 76.1 Å². The molecule has 0 atom stereocenters. The van der Waals surface area contributed by atoms with Crippen LogP contribution < -0.4 is 15.4 Å². The van der Waals surface area contributed by atoms with Crippen molar-refractivity contribution >= 4 is 40.5 Å². The van der Waals surface area contributed by atoms with Crippen molar-refractivity contribution in [2.45, 2.75) is 13.5 Å². The number of thiocarbonyl (C=S) groups is 1. The highest BCUT2D eigenvalue weighted by molar-refractivity contribution is 7.80. The smallest absolute Gasteiger partial charge is 0.271 e. The number of amides is 1. The molecule has 2 aromatic carbocycles. The summed E-state index contributed by atoms with van der Waals surface area (Å²) in [6.07, 6.45) is 0. The molecule has 1 heterocycles. The molecule has 132 valence electrons. The third-order valence-corrected chi connectivity index (χ3v) is 4.46. The predicted octanol–water partition coefficient (Wildman–Crippen LogP) is 3.55. The van der Waals surface area contributed by atoms with Gasteiger partial charge in [-0.1, -0.05) is 40.9 Å². The zero-order valence-electron chi connectivity index (χ0n) is 13.9. The molecule has 3 aromatic rings. The molecular weight excluding hydrogens is 368 g/mol. The minimum absolute atomic E-state index is 0.197. The summed E-state index contributed by atoms with van der Waals surface area (Å²) in [4.78, 5) is 12.6. The molecule has 0 saturated carbocycles. The number of aryl methyl sites for hydroxylation is 1. The lowest BCUT2D eigenvalue weighted by atomic mass is 10.2. The molecule has 0 aliphatic rings. The van der Waals surface area contributed by atoms with E-state index in [1.807, 2.05) is 54.6 Å². The molecule has 0 spiro atoms. The standard InChI is InChI=1S/C18H16N4O2S2/c1-12-16(26-22-21-12)17(23)20-18(25)19-14-8-5-9-15(10-14)24-11-13-6-3-2-4-7-13/h2-10H,11H2,1H3,(H2,19,20,23,25). The van der Waals surface area contributed by atoms with Crippen LogP contribution in [0.3, 0.4) is 0 Å². The number of hydrogen-bond donors (Lipinski definition) is 2. The summed E-state index contributed by atoms with van der Waals surface area (Å²) in [5, 5.41) is 9.61. The molecule has 3 rings (SSSR count). The second-order valence-corrected chi connectivity index (χ2v) is 6.56. The number of carbonyl (C=O) groups excluding carboxylic acids is 1. The van der Waals surface area contributed by atoms with Gasteiger partial charge in [-0.15, -0.1) is 5.10 Å². The molecule has 0 fully saturated rings. The Morgan fingerprint density at radius 1 is 1.19 bits per heavy atom. The van der Waals surface area contributed by atoms with Crippen molar-refractivity contribution in [1.29, 1.82) is 0 Å². The van der Waals surface area contributed by atoms with E-state index in [-0.39, 0.29) is 11.0 Å². The molecule has 0 aliphatic carbocycles. The highest BCUT2D eigenvalue weighted by Crippen LogP contribution is 2.19. The third kappa shape index (κ3) is 4.84. The number of benzene rings is 2. The van der Waals surface area contributed by atoms with E-state index in [0.717, 1.165) is 22.8 Å². The Kier molecular flexibility index (Phi) is 5.88. The minimum Gasteiger partial charge on any atom is -0.489 e. The van der Waals surface area contributed by atoms with E-state index < -0.39 is 0 Å². The Morgan fingerprint density at radius 2 is 2.00 bits per heavy atom. The monoisotopic (exact) mass is 384 g/mol. The quantitative estimate of drug-likeness (QED) is 0.655. The van der Waals surface area contributed by atoms with Crippen LogP contribution in [0.4, 0.5) is 5.69 Å². The maximum atomic E-state index is 12.1. The van der Waals surface area contributed by atoms with Gasteiger partial charge in [0.15, 0.2) is 5.11 Å². The largest absolute Gasteiger partial charge is 0.489 e. The maximum Gasteiger partial charge on any atom is 0.271 e. The molecule has 0 aliphatic heterocycles. The molecule has 0 unspecified atom stereocenters. The van der Waals surface area contributed by atoms with Crippen LogP contribution in [0.25, 0.3) is 0 Å². The average Bonchev–Trinajstić information content (AvgIpc) is 3.07. The number of nitrogens with one attached hydrogen (secondary N) is 2. The van der Waals surface area contributed by atoms with E-state index in [1.165, 1.54) is 0 Å². The van der Waals surface area contributed by atoms with E-state index in [4.69, 9.17) is 17.0 Å². The van der Waals surface area contributed by atoms with Crippen molar-refractivity contribution in [2.24, 2.45) is 0 Å². The predicted molar refractivity (Wildman–Crippen MR) is 106 cm³/mol. The van der Waals surface area contributed by atoms with Crippen LogP contribution in [-0.4, -0.2) is 20.6 Å². The van der Waals surface area contributed by atoms with Gasteiger partial charge in [-0.25, -0.2) is 0 Å². The Morgan fingerprint density at radius 3 is 2.73 bits per heavy atom. The molecule has 8 heteroatoms. The molecule has 0 radical (unpaired) electrons. The van der Waals surface area contributed by atoms with Crippen LogP contribution in [0.15, 0.2) is 54.6 Å². The molecule has 2 N–H and O–H groups in total. The van der Waals surface area contributed by atoms with Gasteiger partial charge >= 0.3 is 0 Å². The molecule has 0 bridgehead atoms. The molecule has 1 amide bonds. The summed E-state index contributed by atoms with van der Waals surface area (Å²) >= 11 is 6.23. The number of anilines is 1. The van der Waals surface area contributed by atoms with Crippen LogP contribution in [0.1, 0.15) is 20.9 Å². The second-order valence-electron chi connectivity index (χ2n) is 5.40. The second kappa shape index (κ2) is 8.50. The average molecular weight is 384 g/mol. The fraction of sp³-hybridized carbons (Fsp3) is 0.111. The lowest BCUT2D eigenvalue weighted by Gasteiger charge is -2.11. The zero-order chi connectivity index (χ0) is 18.4. The van der Waals surface area contributed by atoms with Crippen molar-refractivity contribution in [3.8, 4) is 5.75 Å². The first-order valence-electron chi connectivity index (χ1n) is 7.80. The van der Waals surface area contributed by atoms with Gasteiger partial charge < -0.3 is 10.1 Å². The van der Waals surface area contributed by atoms with Gasteiger partial charge in [0.25, 0.3) is 5.91 Å². The van der Waals surface area contributed by atoms with Gasteiger partial charge in [0.1, 0.15) is 17.2 Å². The van der Waals surface area contributed by atoms with E-state index in [0.29, 0.717) is 22.9 Å². The third-order valence-electron chi connectivity index (χ3n) is 3.43. The number of ether oxygens (including phenoxy) is 1. The van der Waals surface area contributed by atoms with Gasteiger partial charge in [0, 0.05) is 11.8 Å². The lowest BCUT2D eigenvalue weighted by Crippen LogP contribution is -2.34. The summed E-state index contributed by atoms with van der Waals surface area (Å²) in [5.41, 5.74) is 2.38. The number of rotatable bonds is 5. The van der Waals surface area contributed by atoms with Crippen LogP contribution >= 0.6 is 23.8 Å². The number of carbonyl (C=O) groups is 1. The Bertz CT molecular complexity index is 912. The first-order valence-corrected chi connectivity index (χ1v) is 8.98. The van der Waals surface area contributed by atoms with E-state index in [9.17, 15) is 4.79 Å². The first-order chi connectivity index (χ1) is 12.6. The van der Waals surface area contributed by atoms with Crippen LogP contribution in [0.5, 0.6) is 5.75 Å². The number of hydrogen-bond acceptors (Lipinski definition) is 6. The van der Waals surface area contributed by atoms with Gasteiger partial charge in [-0.3, -0.25) is 10.1 Å². The molecule has 0 saturated heterocycles. The Balaban J connectivity index is 1.57. The van der Waals surface area contributed by atoms with E-state index in [2.05, 4.69) is 20.2 Å². The highest BCUT2D eigenvalue weighted by Gasteiger charge is 2.14. The maximum absolute atomic E-state index is 12.1. The SMILES string of the molecule is Cc1nnsc1C(=O)NC(=S)Nc1cccc(OCc2ccccc2)c1. The number of nitrogens with zero attached hydrogens (tertiary/aromatic N) is 2. The fourth-order valence-corrected chi connectivity index (χ4v) is 2.93. The molecule has 6 nitrogen and oxygen atoms in total. The van der Waals surface area contributed by atoms with Crippen molar-refractivity contribution in [1.82, 2.24) is 14.9 Å². The number of aromatic nitrogens is 2. The van der Waals surface area contributed by atoms with Crippen molar-refractivity contribution in [3.05, 3.63) is 70.7 Å². The van der Waals surface area contributed by atoms with E-state index >= 15 is 0 Å². The first kappa shape index (κ1) is 18.0. The zero-order valence-corrected chi connectivity index (χ0v) is 15.6. The van der Waals surface area contributed by atoms with Gasteiger partial charge in [0.05, 0.1) is 5.69 Å². The van der Waals surface area contributed by atoms with Crippen LogP contribution in [0, 0.1) is 6.92 Å².